The maximum absolute atomic E-state index is 13.3. The van der Waals surface area contributed by atoms with Gasteiger partial charge in [0.1, 0.15) is 22.8 Å². The summed E-state index contributed by atoms with van der Waals surface area (Å²) in [5, 5.41) is 21.9. The van der Waals surface area contributed by atoms with Crippen molar-refractivity contribution in [1.82, 2.24) is 0 Å². The number of carbonyl (C=O) groups excluding carboxylic acids is 3. The Kier molecular flexibility index (Phi) is 8.24. The van der Waals surface area contributed by atoms with Gasteiger partial charge >= 0.3 is 11.9 Å². The summed E-state index contributed by atoms with van der Waals surface area (Å²) < 4.78 is 21.7. The summed E-state index contributed by atoms with van der Waals surface area (Å²) in [6.45, 7) is 1.75. The second-order valence-electron chi connectivity index (χ2n) is 9.55. The molecule has 9 nitrogen and oxygen atoms in total. The zero-order chi connectivity index (χ0) is 27.4. The molecule has 0 amide bonds. The van der Waals surface area contributed by atoms with Crippen molar-refractivity contribution in [3.63, 3.8) is 0 Å². The lowest BCUT2D eigenvalue weighted by atomic mass is 9.83. The summed E-state index contributed by atoms with van der Waals surface area (Å²) in [6.07, 6.45) is 6.20. The van der Waals surface area contributed by atoms with Crippen LogP contribution < -0.4 is 14.2 Å². The van der Waals surface area contributed by atoms with Gasteiger partial charge in [0.05, 0.1) is 26.7 Å². The van der Waals surface area contributed by atoms with Crippen molar-refractivity contribution in [3.05, 3.63) is 46.5 Å². The van der Waals surface area contributed by atoms with Crippen molar-refractivity contribution in [1.29, 1.82) is 0 Å². The van der Waals surface area contributed by atoms with Crippen LogP contribution in [0, 0.1) is 0 Å². The molecular weight excluding hydrogens is 492 g/mol. The highest BCUT2D eigenvalue weighted by atomic mass is 16.5. The van der Waals surface area contributed by atoms with E-state index in [0.717, 1.165) is 0 Å². The van der Waals surface area contributed by atoms with Crippen LogP contribution in [-0.2, 0) is 14.3 Å². The van der Waals surface area contributed by atoms with Gasteiger partial charge < -0.3 is 29.2 Å². The largest absolute Gasteiger partial charge is 0.507 e. The Hall–Kier alpha value is -4.01. The summed E-state index contributed by atoms with van der Waals surface area (Å²) in [4.78, 5) is 38.0. The highest BCUT2D eigenvalue weighted by molar-refractivity contribution is 5.98. The first-order valence-electron chi connectivity index (χ1n) is 12.7. The molecule has 2 aromatic carbocycles. The molecule has 0 saturated carbocycles. The molecule has 0 bridgehead atoms. The summed E-state index contributed by atoms with van der Waals surface area (Å²) in [5.74, 6) is -1.92. The molecule has 0 aliphatic carbocycles. The predicted molar refractivity (Wildman–Crippen MR) is 138 cm³/mol. The molecule has 0 spiro atoms. The molecule has 0 radical (unpaired) electrons. The van der Waals surface area contributed by atoms with E-state index in [9.17, 15) is 24.6 Å². The van der Waals surface area contributed by atoms with Gasteiger partial charge in [0.25, 0.3) is 0 Å². The maximum Gasteiger partial charge on any atom is 0.342 e. The quantitative estimate of drug-likeness (QED) is 0.419. The van der Waals surface area contributed by atoms with E-state index in [1.54, 1.807) is 31.2 Å². The third kappa shape index (κ3) is 5.61. The number of allylic oxidation sites excluding steroid dienone is 1. The maximum atomic E-state index is 13.3. The summed E-state index contributed by atoms with van der Waals surface area (Å²) >= 11 is 0. The molecule has 2 aliphatic heterocycles. The Bertz CT molecular complexity index is 1250. The van der Waals surface area contributed by atoms with E-state index in [-0.39, 0.29) is 52.1 Å². The predicted octanol–water partition coefficient (Wildman–Crippen LogP) is 5.04. The summed E-state index contributed by atoms with van der Waals surface area (Å²) in [5.41, 5.74) is 1.09. The van der Waals surface area contributed by atoms with Crippen LogP contribution in [0.2, 0.25) is 0 Å². The summed E-state index contributed by atoms with van der Waals surface area (Å²) in [6, 6.07) is 4.65. The lowest BCUT2D eigenvalue weighted by Crippen LogP contribution is -2.23. The van der Waals surface area contributed by atoms with E-state index in [2.05, 4.69) is 0 Å². The smallest absolute Gasteiger partial charge is 0.342 e. The Morgan fingerprint density at radius 2 is 1.63 bits per heavy atom. The number of Topliss-reactive ketones (excluding diaryl/α,β-unsaturated/α-hetero) is 1. The topological polar surface area (TPSA) is 129 Å². The number of carbonyl (C=O) groups is 3. The minimum atomic E-state index is -0.715. The Labute approximate surface area is 221 Å². The molecule has 202 valence electrons. The normalized spacial score (nSPS) is 20.4. The molecular formula is C29H32O9. The van der Waals surface area contributed by atoms with Crippen LogP contribution in [0.5, 0.6) is 28.7 Å². The minimum Gasteiger partial charge on any atom is -0.507 e. The average Bonchev–Trinajstić information content (AvgIpc) is 2.87. The number of ketones is 1. The molecule has 2 N–H and O–H groups in total. The number of ether oxygens (including phenoxy) is 4. The van der Waals surface area contributed by atoms with Crippen LogP contribution in [0.25, 0.3) is 6.08 Å². The second-order valence-corrected chi connectivity index (χ2v) is 9.55. The van der Waals surface area contributed by atoms with Crippen LogP contribution in [0.4, 0.5) is 0 Å². The molecule has 0 saturated heterocycles. The van der Waals surface area contributed by atoms with Gasteiger partial charge in [0, 0.05) is 24.3 Å². The molecule has 0 fully saturated rings. The second kappa shape index (κ2) is 11.6. The minimum absolute atomic E-state index is 0.0272. The SMILES string of the molecule is COc1cc([C@@H]2CC(=O)Oc3cc4c(c(O)c32)C(=O)O[C@@H](C)CCCC(=O)CCCC=C4)cc(OC)c1O. The summed E-state index contributed by atoms with van der Waals surface area (Å²) in [7, 11) is 2.78. The number of fused-ring (bicyclic) bond motifs is 2. The van der Waals surface area contributed by atoms with E-state index < -0.39 is 24.0 Å². The molecule has 2 heterocycles. The van der Waals surface area contributed by atoms with Crippen molar-refractivity contribution in [2.24, 2.45) is 0 Å². The Morgan fingerprint density at radius 3 is 2.32 bits per heavy atom. The molecule has 4 rings (SSSR count). The molecule has 9 heteroatoms. The Morgan fingerprint density at radius 1 is 0.947 bits per heavy atom. The van der Waals surface area contributed by atoms with E-state index in [1.807, 2.05) is 6.08 Å². The number of esters is 2. The third-order valence-corrected chi connectivity index (χ3v) is 6.88. The highest BCUT2D eigenvalue weighted by Gasteiger charge is 2.36. The van der Waals surface area contributed by atoms with Gasteiger partial charge in [-0.05, 0) is 61.9 Å². The van der Waals surface area contributed by atoms with Gasteiger partial charge in [-0.1, -0.05) is 12.2 Å². The first-order chi connectivity index (χ1) is 18.2. The lowest BCUT2D eigenvalue weighted by molar-refractivity contribution is -0.135. The fraction of sp³-hybridized carbons (Fsp3) is 0.414. The fourth-order valence-electron chi connectivity index (χ4n) is 4.92. The van der Waals surface area contributed by atoms with Crippen LogP contribution in [0.15, 0.2) is 24.3 Å². The third-order valence-electron chi connectivity index (χ3n) is 6.88. The van der Waals surface area contributed by atoms with Crippen molar-refractivity contribution >= 4 is 23.8 Å². The van der Waals surface area contributed by atoms with Crippen LogP contribution >= 0.6 is 0 Å². The van der Waals surface area contributed by atoms with Crippen LogP contribution in [0.1, 0.15) is 84.8 Å². The van der Waals surface area contributed by atoms with Gasteiger partial charge in [0.15, 0.2) is 11.5 Å². The number of aromatic hydroxyl groups is 2. The zero-order valence-electron chi connectivity index (χ0n) is 21.7. The molecule has 2 atom stereocenters. The van der Waals surface area contributed by atoms with Gasteiger partial charge in [-0.15, -0.1) is 0 Å². The molecule has 38 heavy (non-hydrogen) atoms. The van der Waals surface area contributed by atoms with Gasteiger partial charge in [-0.3, -0.25) is 9.59 Å². The van der Waals surface area contributed by atoms with Gasteiger partial charge in [-0.2, -0.15) is 0 Å². The van der Waals surface area contributed by atoms with Crippen LogP contribution in [0.3, 0.4) is 0 Å². The number of benzene rings is 2. The van der Waals surface area contributed by atoms with Crippen molar-refractivity contribution < 1.29 is 43.5 Å². The number of cyclic esters (lactones) is 1. The highest BCUT2D eigenvalue weighted by Crippen LogP contribution is 2.49. The van der Waals surface area contributed by atoms with Crippen molar-refractivity contribution in [3.8, 4) is 28.7 Å². The molecule has 2 aliphatic rings. The molecule has 0 unspecified atom stereocenters. The van der Waals surface area contributed by atoms with E-state index in [4.69, 9.17) is 18.9 Å². The standard InChI is InChI=1S/C29H32O9/c1-16-8-7-11-19(30)10-6-4-5-9-17-12-21-26(28(33)25(17)29(34)37-16)20(15-24(31)38-21)18-13-22(35-2)27(32)23(14-18)36-3/h5,9,12-14,16,20,32-33H,4,6-8,10-11,15H2,1-3H3/t16-,20-/m0/s1. The zero-order valence-corrected chi connectivity index (χ0v) is 21.7. The molecule has 0 aromatic heterocycles. The monoisotopic (exact) mass is 524 g/mol. The van der Waals surface area contributed by atoms with E-state index in [1.165, 1.54) is 14.2 Å². The van der Waals surface area contributed by atoms with Crippen LogP contribution in [-0.4, -0.2) is 48.3 Å². The van der Waals surface area contributed by atoms with Crippen molar-refractivity contribution in [2.75, 3.05) is 14.2 Å². The molecule has 2 aromatic rings. The van der Waals surface area contributed by atoms with E-state index in [0.29, 0.717) is 49.7 Å². The van der Waals surface area contributed by atoms with Gasteiger partial charge in [-0.25, -0.2) is 4.79 Å². The number of phenolic OH excluding ortho intramolecular Hbond substituents is 2. The Balaban J connectivity index is 1.85. The first kappa shape index (κ1) is 27.0. The van der Waals surface area contributed by atoms with Gasteiger partial charge in [0.2, 0.25) is 5.75 Å². The average molecular weight is 525 g/mol. The number of hydrogen-bond acceptors (Lipinski definition) is 9. The number of phenols is 2. The van der Waals surface area contributed by atoms with Crippen molar-refractivity contribution in [2.45, 2.75) is 63.9 Å². The number of rotatable bonds is 3. The fourth-order valence-corrected chi connectivity index (χ4v) is 4.92. The first-order valence-corrected chi connectivity index (χ1v) is 12.7. The number of hydrogen-bond donors (Lipinski definition) is 2. The lowest BCUT2D eigenvalue weighted by Gasteiger charge is -2.28. The van der Waals surface area contributed by atoms with E-state index >= 15 is 0 Å². The number of methoxy groups -OCH3 is 2.